The van der Waals surface area contributed by atoms with Gasteiger partial charge >= 0.3 is 12.1 Å². The zero-order valence-corrected chi connectivity index (χ0v) is 17.0. The first kappa shape index (κ1) is 22.1. The highest BCUT2D eigenvalue weighted by Gasteiger charge is 2.38. The van der Waals surface area contributed by atoms with Crippen molar-refractivity contribution < 1.29 is 27.8 Å². The van der Waals surface area contributed by atoms with E-state index < -0.39 is 62.7 Å². The lowest BCUT2D eigenvalue weighted by atomic mass is 9.93. The third-order valence-corrected chi connectivity index (χ3v) is 4.35. The summed E-state index contributed by atoms with van der Waals surface area (Å²) < 4.78 is 38.6. The zero-order chi connectivity index (χ0) is 21.3. The third kappa shape index (κ3) is 4.80. The molecule has 6 nitrogen and oxygen atoms in total. The van der Waals surface area contributed by atoms with Gasteiger partial charge in [0.15, 0.2) is 11.5 Å². The lowest BCUT2D eigenvalue weighted by molar-refractivity contribution is 0.0589. The topological polar surface area (TPSA) is 77.5 Å². The van der Waals surface area contributed by atoms with Crippen LogP contribution in [0.15, 0.2) is 24.1 Å². The van der Waals surface area contributed by atoms with E-state index >= 15 is 4.39 Å². The Kier molecular flexibility index (Phi) is 6.35. The van der Waals surface area contributed by atoms with Crippen molar-refractivity contribution in [1.29, 1.82) is 0 Å². The van der Waals surface area contributed by atoms with Gasteiger partial charge in [-0.3, -0.25) is 5.32 Å². The molecule has 10 heteroatoms. The number of alkyl halides is 1. The number of methoxy groups -OCH3 is 1. The molecule has 28 heavy (non-hydrogen) atoms. The van der Waals surface area contributed by atoms with E-state index in [0.29, 0.717) is 0 Å². The first-order valence-electron chi connectivity index (χ1n) is 8.08. The maximum Gasteiger partial charge on any atom is 0.412 e. The average Bonchev–Trinajstić information content (AvgIpc) is 2.56. The number of hydrogen-bond acceptors (Lipinski definition) is 5. The molecule has 1 N–H and O–H groups in total. The summed E-state index contributed by atoms with van der Waals surface area (Å²) in [6.45, 7) is 4.83. The fraction of sp³-hybridized carbons (Fsp3) is 0.389. The van der Waals surface area contributed by atoms with Crippen LogP contribution in [-0.4, -0.2) is 29.8 Å². The normalized spacial score (nSPS) is 19.1. The van der Waals surface area contributed by atoms with E-state index in [1.165, 1.54) is 12.2 Å². The molecule has 1 unspecified atom stereocenters. The summed E-state index contributed by atoms with van der Waals surface area (Å²) in [5.74, 6) is -2.73. The number of aromatic nitrogens is 1. The molecule has 0 bridgehead atoms. The van der Waals surface area contributed by atoms with E-state index in [0.717, 1.165) is 13.2 Å². The summed E-state index contributed by atoms with van der Waals surface area (Å²) >= 11 is 12.4. The minimum absolute atomic E-state index is 0.414. The molecule has 152 valence electrons. The number of carbonyl (C=O) groups is 2. The number of hydrogen-bond donors (Lipinski definition) is 1. The molecule has 0 aromatic carbocycles. The monoisotopic (exact) mass is 434 g/mol. The number of nitrogens with zero attached hydrogens (tertiary/aromatic N) is 1. The van der Waals surface area contributed by atoms with Crippen LogP contribution in [0.2, 0.25) is 5.02 Å². The summed E-state index contributed by atoms with van der Waals surface area (Å²) in [5, 5.41) is 1.65. The number of rotatable bonds is 3. The van der Waals surface area contributed by atoms with Gasteiger partial charge in [0.1, 0.15) is 32.7 Å². The van der Waals surface area contributed by atoms with Crippen molar-refractivity contribution in [2.75, 3.05) is 12.4 Å². The predicted octanol–water partition coefficient (Wildman–Crippen LogP) is 5.26. The van der Waals surface area contributed by atoms with Gasteiger partial charge < -0.3 is 9.47 Å². The molecule has 1 heterocycles. The Hall–Kier alpha value is -2.19. The number of esters is 1. The molecule has 1 atom stereocenters. The van der Waals surface area contributed by atoms with E-state index in [4.69, 9.17) is 27.9 Å². The summed E-state index contributed by atoms with van der Waals surface area (Å²) in [5.41, 5.74) is -2.44. The lowest BCUT2D eigenvalue weighted by Crippen LogP contribution is -2.29. The van der Waals surface area contributed by atoms with Crippen molar-refractivity contribution in [3.63, 3.8) is 0 Å². The van der Waals surface area contributed by atoms with Gasteiger partial charge in [-0.1, -0.05) is 23.8 Å². The van der Waals surface area contributed by atoms with Crippen LogP contribution in [0.4, 0.5) is 19.3 Å². The minimum atomic E-state index is -1.74. The first-order chi connectivity index (χ1) is 12.9. The van der Waals surface area contributed by atoms with E-state index in [9.17, 15) is 14.0 Å². The molecule has 0 saturated heterocycles. The third-order valence-electron chi connectivity index (χ3n) is 3.54. The Morgan fingerprint density at radius 3 is 2.50 bits per heavy atom. The molecule has 0 radical (unpaired) electrons. The van der Waals surface area contributed by atoms with Crippen LogP contribution in [0.5, 0.6) is 0 Å². The zero-order valence-electron chi connectivity index (χ0n) is 15.5. The number of allylic oxidation sites excluding steroid dienone is 4. The Morgan fingerprint density at radius 2 is 1.96 bits per heavy atom. The number of pyridine rings is 1. The Morgan fingerprint density at radius 1 is 1.32 bits per heavy atom. The van der Waals surface area contributed by atoms with Crippen LogP contribution < -0.4 is 5.32 Å². The predicted molar refractivity (Wildman–Crippen MR) is 101 cm³/mol. The molecule has 0 aliphatic heterocycles. The second kappa shape index (κ2) is 8.05. The second-order valence-electron chi connectivity index (χ2n) is 6.94. The maximum atomic E-state index is 15.2. The first-order valence-corrected chi connectivity index (χ1v) is 8.84. The van der Waals surface area contributed by atoms with Crippen molar-refractivity contribution in [1.82, 2.24) is 4.98 Å². The van der Waals surface area contributed by atoms with Gasteiger partial charge in [-0.2, -0.15) is 0 Å². The van der Waals surface area contributed by atoms with Crippen LogP contribution in [0.1, 0.15) is 43.4 Å². The Labute approximate surface area is 170 Å². The summed E-state index contributed by atoms with van der Waals surface area (Å²) in [6.07, 6.45) is 2.34. The number of ether oxygens (including phenoxy) is 2. The van der Waals surface area contributed by atoms with Gasteiger partial charge in [-0.25, -0.2) is 23.4 Å². The average molecular weight is 435 g/mol. The standard InChI is InChI=1S/C18H18Cl2F2N2O4/c1-17(2,3)28-16(26)24-12-10(19)13(15(25)27-4)23-14(11(12)22)18(20)7-5-6-9(21)8-18/h5-7H,8H2,1-4H3,(H,23,24,26). The van der Waals surface area contributed by atoms with Gasteiger partial charge in [0.2, 0.25) is 0 Å². The van der Waals surface area contributed by atoms with E-state index in [1.807, 2.05) is 0 Å². The fourth-order valence-corrected chi connectivity index (χ4v) is 2.97. The van der Waals surface area contributed by atoms with Gasteiger partial charge in [-0.15, -0.1) is 11.6 Å². The molecule has 1 aromatic heterocycles. The van der Waals surface area contributed by atoms with Gasteiger partial charge in [-0.05, 0) is 26.8 Å². The van der Waals surface area contributed by atoms with Crippen LogP contribution >= 0.6 is 23.2 Å². The summed E-state index contributed by atoms with van der Waals surface area (Å²) in [4.78, 5) is 26.3. The molecule has 0 spiro atoms. The Bertz CT molecular complexity index is 881. The largest absolute Gasteiger partial charge is 0.464 e. The van der Waals surface area contributed by atoms with Crippen molar-refractivity contribution in [3.8, 4) is 0 Å². The molecule has 1 aliphatic carbocycles. The van der Waals surface area contributed by atoms with Crippen LogP contribution in [-0.2, 0) is 14.3 Å². The second-order valence-corrected chi connectivity index (χ2v) is 7.99. The van der Waals surface area contributed by atoms with Crippen molar-refractivity contribution in [2.24, 2.45) is 0 Å². The molecular weight excluding hydrogens is 417 g/mol. The molecule has 1 amide bonds. The highest BCUT2D eigenvalue weighted by Crippen LogP contribution is 2.43. The Balaban J connectivity index is 2.61. The molecule has 1 aliphatic rings. The maximum absolute atomic E-state index is 15.2. The quantitative estimate of drug-likeness (QED) is 0.518. The highest BCUT2D eigenvalue weighted by molar-refractivity contribution is 6.36. The summed E-state index contributed by atoms with van der Waals surface area (Å²) in [6, 6.07) is 0. The van der Waals surface area contributed by atoms with Gasteiger partial charge in [0.05, 0.1) is 7.11 Å². The molecular formula is C18H18Cl2F2N2O4. The molecule has 2 rings (SSSR count). The smallest absolute Gasteiger partial charge is 0.412 e. The van der Waals surface area contributed by atoms with Gasteiger partial charge in [0.25, 0.3) is 0 Å². The van der Waals surface area contributed by atoms with Crippen LogP contribution in [0.25, 0.3) is 0 Å². The number of amides is 1. The van der Waals surface area contributed by atoms with E-state index in [1.54, 1.807) is 20.8 Å². The number of anilines is 1. The fourth-order valence-electron chi connectivity index (χ4n) is 2.40. The van der Waals surface area contributed by atoms with Crippen molar-refractivity contribution in [3.05, 3.63) is 46.3 Å². The lowest BCUT2D eigenvalue weighted by Gasteiger charge is -2.27. The van der Waals surface area contributed by atoms with Crippen LogP contribution in [0, 0.1) is 5.82 Å². The summed E-state index contributed by atoms with van der Waals surface area (Å²) in [7, 11) is 1.07. The SMILES string of the molecule is COC(=O)c1nc(C2(Cl)C=CC=C(F)C2)c(F)c(NC(=O)OC(C)(C)C)c1Cl. The highest BCUT2D eigenvalue weighted by atomic mass is 35.5. The van der Waals surface area contributed by atoms with Crippen LogP contribution in [0.3, 0.4) is 0 Å². The van der Waals surface area contributed by atoms with Crippen molar-refractivity contribution in [2.45, 2.75) is 37.7 Å². The molecule has 0 fully saturated rings. The minimum Gasteiger partial charge on any atom is -0.464 e. The number of nitrogens with one attached hydrogen (secondary N) is 1. The number of carbonyl (C=O) groups excluding carboxylic acids is 2. The molecule has 0 saturated carbocycles. The molecule has 1 aromatic rings. The van der Waals surface area contributed by atoms with Crippen molar-refractivity contribution >= 4 is 41.0 Å². The van der Waals surface area contributed by atoms with E-state index in [2.05, 4.69) is 15.0 Å². The van der Waals surface area contributed by atoms with E-state index in [-0.39, 0.29) is 0 Å². The number of halogens is 4. The van der Waals surface area contributed by atoms with Gasteiger partial charge in [0, 0.05) is 6.42 Å².